The van der Waals surface area contributed by atoms with Crippen molar-refractivity contribution in [1.82, 2.24) is 15.3 Å². The van der Waals surface area contributed by atoms with E-state index in [-0.39, 0.29) is 0 Å². The second-order valence-corrected chi connectivity index (χ2v) is 5.26. The highest BCUT2D eigenvalue weighted by molar-refractivity contribution is 7.17. The third kappa shape index (κ3) is 2.12. The lowest BCUT2D eigenvalue weighted by Crippen LogP contribution is -2.28. The van der Waals surface area contributed by atoms with Crippen molar-refractivity contribution in [2.75, 3.05) is 13.2 Å². The molecule has 0 aromatic carbocycles. The van der Waals surface area contributed by atoms with Gasteiger partial charge in [0.25, 0.3) is 0 Å². The lowest BCUT2D eigenvalue weighted by atomic mass is 10.2. The summed E-state index contributed by atoms with van der Waals surface area (Å²) in [5.41, 5.74) is 2.20. The third-order valence-electron chi connectivity index (χ3n) is 3.08. The van der Waals surface area contributed by atoms with Gasteiger partial charge in [0.1, 0.15) is 17.6 Å². The highest BCUT2D eigenvalue weighted by Gasteiger charge is 2.16. The fourth-order valence-corrected chi connectivity index (χ4v) is 3.07. The Morgan fingerprint density at radius 2 is 2.47 bits per heavy atom. The maximum atomic E-state index is 5.81. The van der Waals surface area contributed by atoms with Crippen LogP contribution in [0, 0.1) is 6.92 Å². The van der Waals surface area contributed by atoms with Crippen LogP contribution in [0.3, 0.4) is 0 Å². The summed E-state index contributed by atoms with van der Waals surface area (Å²) in [7, 11) is 0. The predicted octanol–water partition coefficient (Wildman–Crippen LogP) is 2.13. The van der Waals surface area contributed by atoms with Gasteiger partial charge in [-0.2, -0.15) is 0 Å². The summed E-state index contributed by atoms with van der Waals surface area (Å²) < 4.78 is 6.87. The van der Waals surface area contributed by atoms with Gasteiger partial charge >= 0.3 is 0 Å². The van der Waals surface area contributed by atoms with E-state index in [1.54, 1.807) is 17.7 Å². The van der Waals surface area contributed by atoms with Crippen molar-refractivity contribution in [2.24, 2.45) is 0 Å². The van der Waals surface area contributed by atoms with Crippen LogP contribution in [0.5, 0.6) is 5.88 Å². The molecule has 1 unspecified atom stereocenters. The van der Waals surface area contributed by atoms with E-state index >= 15 is 0 Å². The minimum Gasteiger partial charge on any atom is -0.475 e. The van der Waals surface area contributed by atoms with Crippen LogP contribution < -0.4 is 10.1 Å². The van der Waals surface area contributed by atoms with Gasteiger partial charge in [0, 0.05) is 6.04 Å². The zero-order chi connectivity index (χ0) is 11.7. The first kappa shape index (κ1) is 10.9. The Balaban J connectivity index is 1.79. The van der Waals surface area contributed by atoms with Gasteiger partial charge in [-0.15, -0.1) is 11.3 Å². The normalized spacial score (nSPS) is 19.9. The van der Waals surface area contributed by atoms with E-state index < -0.39 is 0 Å². The minimum absolute atomic E-state index is 0.473. The van der Waals surface area contributed by atoms with E-state index in [1.165, 1.54) is 18.4 Å². The van der Waals surface area contributed by atoms with Crippen molar-refractivity contribution in [3.05, 3.63) is 17.3 Å². The van der Waals surface area contributed by atoms with Crippen LogP contribution in [0.25, 0.3) is 10.2 Å². The van der Waals surface area contributed by atoms with Gasteiger partial charge in [0.05, 0.1) is 5.52 Å². The monoisotopic (exact) mass is 249 g/mol. The number of nitrogens with one attached hydrogen (secondary N) is 1. The van der Waals surface area contributed by atoms with E-state index in [4.69, 9.17) is 4.74 Å². The molecule has 0 aliphatic carbocycles. The molecule has 2 aromatic rings. The first-order valence-electron chi connectivity index (χ1n) is 5.89. The number of ether oxygens (including phenoxy) is 1. The molecule has 0 spiro atoms. The molecule has 1 aliphatic rings. The Hall–Kier alpha value is -1.20. The molecule has 0 amide bonds. The van der Waals surface area contributed by atoms with Crippen molar-refractivity contribution in [2.45, 2.75) is 25.8 Å². The maximum Gasteiger partial charge on any atom is 0.234 e. The zero-order valence-electron chi connectivity index (χ0n) is 9.77. The Labute approximate surface area is 104 Å². The number of aryl methyl sites for hydroxylation is 1. The third-order valence-corrected chi connectivity index (χ3v) is 4.16. The maximum absolute atomic E-state index is 5.81. The smallest absolute Gasteiger partial charge is 0.234 e. The lowest BCUT2D eigenvalue weighted by molar-refractivity contribution is 0.271. The molecule has 2 aromatic heterocycles. The Morgan fingerprint density at radius 1 is 1.53 bits per heavy atom. The summed E-state index contributed by atoms with van der Waals surface area (Å²) in [6.45, 7) is 3.86. The Kier molecular flexibility index (Phi) is 2.94. The van der Waals surface area contributed by atoms with Crippen LogP contribution in [0.2, 0.25) is 0 Å². The molecule has 4 nitrogen and oxygen atoms in total. The molecular weight excluding hydrogens is 234 g/mol. The average Bonchev–Trinajstić information content (AvgIpc) is 2.97. The fourth-order valence-electron chi connectivity index (χ4n) is 2.13. The highest BCUT2D eigenvalue weighted by atomic mass is 32.1. The number of fused-ring (bicyclic) bond motifs is 1. The molecule has 1 N–H and O–H groups in total. The van der Waals surface area contributed by atoms with E-state index in [1.807, 2.05) is 0 Å². The molecule has 1 aliphatic heterocycles. The van der Waals surface area contributed by atoms with Crippen molar-refractivity contribution in [1.29, 1.82) is 0 Å². The summed E-state index contributed by atoms with van der Waals surface area (Å²) >= 11 is 1.65. The molecule has 1 atom stereocenters. The second-order valence-electron chi connectivity index (χ2n) is 4.38. The van der Waals surface area contributed by atoms with Crippen LogP contribution in [0.1, 0.15) is 18.4 Å². The summed E-state index contributed by atoms with van der Waals surface area (Å²) in [4.78, 5) is 8.52. The lowest BCUT2D eigenvalue weighted by Gasteiger charge is -2.11. The van der Waals surface area contributed by atoms with E-state index in [2.05, 4.69) is 27.6 Å². The topological polar surface area (TPSA) is 47.0 Å². The molecule has 0 saturated carbocycles. The fraction of sp³-hybridized carbons (Fsp3) is 0.500. The number of rotatable bonds is 3. The first-order valence-corrected chi connectivity index (χ1v) is 6.77. The summed E-state index contributed by atoms with van der Waals surface area (Å²) in [5, 5.41) is 5.51. The number of nitrogens with zero attached hydrogens (tertiary/aromatic N) is 2. The van der Waals surface area contributed by atoms with Crippen LogP contribution >= 0.6 is 11.3 Å². The molecule has 5 heteroatoms. The summed E-state index contributed by atoms with van der Waals surface area (Å²) in [5.74, 6) is 0.724. The van der Waals surface area contributed by atoms with Gasteiger partial charge in [0.2, 0.25) is 5.88 Å². The van der Waals surface area contributed by atoms with Crippen molar-refractivity contribution < 1.29 is 4.74 Å². The molecule has 1 fully saturated rings. The predicted molar refractivity (Wildman–Crippen MR) is 68.7 cm³/mol. The number of thiophene rings is 1. The quantitative estimate of drug-likeness (QED) is 0.905. The standard InChI is InChI=1S/C12H15N3OS/c1-8-6-17-11-10(8)14-7-15-12(11)16-5-9-3-2-4-13-9/h6-7,9,13H,2-5H2,1H3. The van der Waals surface area contributed by atoms with Crippen LogP contribution in [-0.2, 0) is 0 Å². The molecule has 3 heterocycles. The number of aromatic nitrogens is 2. The van der Waals surface area contributed by atoms with Crippen LogP contribution in [-0.4, -0.2) is 29.2 Å². The van der Waals surface area contributed by atoms with Gasteiger partial charge in [0.15, 0.2) is 0 Å². The minimum atomic E-state index is 0.473. The van der Waals surface area contributed by atoms with E-state index in [9.17, 15) is 0 Å². The molecule has 90 valence electrons. The largest absolute Gasteiger partial charge is 0.475 e. The summed E-state index contributed by atoms with van der Waals surface area (Å²) in [6, 6.07) is 0.473. The van der Waals surface area contributed by atoms with Crippen molar-refractivity contribution >= 4 is 21.6 Å². The van der Waals surface area contributed by atoms with Gasteiger partial charge in [-0.1, -0.05) is 0 Å². The Morgan fingerprint density at radius 3 is 3.29 bits per heavy atom. The van der Waals surface area contributed by atoms with Gasteiger partial charge in [-0.05, 0) is 37.3 Å². The SMILES string of the molecule is Cc1csc2c(OCC3CCCN3)ncnc12. The van der Waals surface area contributed by atoms with Crippen molar-refractivity contribution in [3.63, 3.8) is 0 Å². The Bertz CT molecular complexity index is 519. The highest BCUT2D eigenvalue weighted by Crippen LogP contribution is 2.30. The van der Waals surface area contributed by atoms with Gasteiger partial charge in [-0.25, -0.2) is 9.97 Å². The van der Waals surface area contributed by atoms with E-state index in [0.29, 0.717) is 12.6 Å². The van der Waals surface area contributed by atoms with E-state index in [0.717, 1.165) is 22.6 Å². The molecule has 17 heavy (non-hydrogen) atoms. The average molecular weight is 249 g/mol. The van der Waals surface area contributed by atoms with Crippen LogP contribution in [0.4, 0.5) is 0 Å². The molecule has 3 rings (SSSR count). The van der Waals surface area contributed by atoms with Crippen molar-refractivity contribution in [3.8, 4) is 5.88 Å². The van der Waals surface area contributed by atoms with Gasteiger partial charge in [-0.3, -0.25) is 0 Å². The van der Waals surface area contributed by atoms with Crippen LogP contribution in [0.15, 0.2) is 11.7 Å². The molecule has 0 bridgehead atoms. The number of hydrogen-bond donors (Lipinski definition) is 1. The second kappa shape index (κ2) is 4.58. The van der Waals surface area contributed by atoms with Gasteiger partial charge < -0.3 is 10.1 Å². The zero-order valence-corrected chi connectivity index (χ0v) is 10.6. The molecule has 1 saturated heterocycles. The molecular formula is C12H15N3OS. The summed E-state index contributed by atoms with van der Waals surface area (Å²) in [6.07, 6.45) is 4.02. The number of hydrogen-bond acceptors (Lipinski definition) is 5. The first-order chi connectivity index (χ1) is 8.34. The molecule has 0 radical (unpaired) electrons.